The van der Waals surface area contributed by atoms with Crippen molar-refractivity contribution in [2.45, 2.75) is 19.8 Å². The van der Waals surface area contributed by atoms with E-state index < -0.39 is 5.82 Å². The second-order valence-corrected chi connectivity index (χ2v) is 4.04. The van der Waals surface area contributed by atoms with Gasteiger partial charge in [0.05, 0.1) is 5.69 Å². The topological polar surface area (TPSA) is 58.4 Å². The fourth-order valence-electron chi connectivity index (χ4n) is 1.58. The quantitative estimate of drug-likeness (QED) is 0.818. The van der Waals surface area contributed by atoms with E-state index in [2.05, 4.69) is 12.2 Å². The zero-order valence-electron chi connectivity index (χ0n) is 10.7. The molecule has 0 bridgehead atoms. The number of anilines is 1. The first kappa shape index (κ1) is 14.4. The van der Waals surface area contributed by atoms with Crippen molar-refractivity contribution < 1.29 is 9.18 Å². The number of nitrogens with zero attached hydrogens (tertiary/aromatic N) is 1. The summed E-state index contributed by atoms with van der Waals surface area (Å²) in [7, 11) is 0. The number of halogens is 1. The molecule has 0 unspecified atom stereocenters. The summed E-state index contributed by atoms with van der Waals surface area (Å²) < 4.78 is 13.4. The lowest BCUT2D eigenvalue weighted by Crippen LogP contribution is -2.39. The van der Waals surface area contributed by atoms with Crippen molar-refractivity contribution >= 4 is 11.7 Å². The zero-order valence-corrected chi connectivity index (χ0v) is 10.7. The summed E-state index contributed by atoms with van der Waals surface area (Å²) in [6.45, 7) is 3.55. The maximum absolute atomic E-state index is 13.4. The summed E-state index contributed by atoms with van der Waals surface area (Å²) in [5, 5.41) is 2.56. The molecule has 0 fully saturated rings. The van der Waals surface area contributed by atoms with Crippen LogP contribution in [0, 0.1) is 5.82 Å². The van der Waals surface area contributed by atoms with E-state index in [1.54, 1.807) is 17.0 Å². The molecule has 0 atom stereocenters. The second kappa shape index (κ2) is 7.66. The van der Waals surface area contributed by atoms with E-state index in [4.69, 9.17) is 5.73 Å². The van der Waals surface area contributed by atoms with E-state index in [0.29, 0.717) is 19.6 Å². The number of hydrogen-bond donors (Lipinski definition) is 2. The van der Waals surface area contributed by atoms with Gasteiger partial charge in [0, 0.05) is 19.6 Å². The largest absolute Gasteiger partial charge is 0.329 e. The first-order valence-electron chi connectivity index (χ1n) is 6.19. The molecule has 0 spiro atoms. The number of unbranched alkanes of at least 4 members (excludes halogenated alkanes) is 1. The van der Waals surface area contributed by atoms with Gasteiger partial charge < -0.3 is 16.0 Å². The lowest BCUT2D eigenvalue weighted by atomic mass is 10.3. The van der Waals surface area contributed by atoms with E-state index in [0.717, 1.165) is 12.8 Å². The van der Waals surface area contributed by atoms with Crippen molar-refractivity contribution in [3.05, 3.63) is 30.1 Å². The summed E-state index contributed by atoms with van der Waals surface area (Å²) in [5.41, 5.74) is 5.66. The average Bonchev–Trinajstić information content (AvgIpc) is 2.37. The minimum Gasteiger partial charge on any atom is -0.329 e. The number of para-hydroxylation sites is 1. The SMILES string of the molecule is CCCCN(CCN)C(=O)Nc1ccccc1F. The summed E-state index contributed by atoms with van der Waals surface area (Å²) in [6, 6.07) is 5.80. The van der Waals surface area contributed by atoms with Crippen LogP contribution in [0.5, 0.6) is 0 Å². The first-order chi connectivity index (χ1) is 8.69. The van der Waals surface area contributed by atoms with Crippen molar-refractivity contribution in [1.82, 2.24) is 4.90 Å². The van der Waals surface area contributed by atoms with Gasteiger partial charge >= 0.3 is 6.03 Å². The fraction of sp³-hybridized carbons (Fsp3) is 0.462. The first-order valence-corrected chi connectivity index (χ1v) is 6.19. The van der Waals surface area contributed by atoms with Crippen molar-refractivity contribution in [3.8, 4) is 0 Å². The molecule has 4 nitrogen and oxygen atoms in total. The van der Waals surface area contributed by atoms with Gasteiger partial charge in [-0.25, -0.2) is 9.18 Å². The molecule has 0 heterocycles. The number of benzene rings is 1. The van der Waals surface area contributed by atoms with E-state index in [1.165, 1.54) is 12.1 Å². The van der Waals surface area contributed by atoms with Gasteiger partial charge in [0.15, 0.2) is 0 Å². The lowest BCUT2D eigenvalue weighted by molar-refractivity contribution is 0.212. The molecule has 5 heteroatoms. The smallest absolute Gasteiger partial charge is 0.321 e. The number of rotatable bonds is 6. The van der Waals surface area contributed by atoms with Crippen LogP contribution < -0.4 is 11.1 Å². The lowest BCUT2D eigenvalue weighted by Gasteiger charge is -2.22. The molecule has 0 radical (unpaired) electrons. The van der Waals surface area contributed by atoms with Crippen LogP contribution in [0.1, 0.15) is 19.8 Å². The van der Waals surface area contributed by atoms with Crippen LogP contribution in [-0.4, -0.2) is 30.6 Å². The maximum Gasteiger partial charge on any atom is 0.321 e. The molecule has 0 aliphatic carbocycles. The van der Waals surface area contributed by atoms with Gasteiger partial charge in [0.2, 0.25) is 0 Å². The highest BCUT2D eigenvalue weighted by atomic mass is 19.1. The van der Waals surface area contributed by atoms with Gasteiger partial charge in [-0.3, -0.25) is 0 Å². The minimum atomic E-state index is -0.436. The Kier molecular flexibility index (Phi) is 6.14. The summed E-state index contributed by atoms with van der Waals surface area (Å²) in [5.74, 6) is -0.436. The van der Waals surface area contributed by atoms with Crippen molar-refractivity contribution in [3.63, 3.8) is 0 Å². The van der Waals surface area contributed by atoms with Gasteiger partial charge in [-0.1, -0.05) is 25.5 Å². The molecule has 1 aromatic carbocycles. The number of carbonyl (C=O) groups excluding carboxylic acids is 1. The molecule has 1 aromatic rings. The standard InChI is InChI=1S/C13H20FN3O/c1-2-3-9-17(10-8-15)13(18)16-12-7-5-4-6-11(12)14/h4-7H,2-3,8-10,15H2,1H3,(H,16,18). The van der Waals surface area contributed by atoms with E-state index in [-0.39, 0.29) is 11.7 Å². The van der Waals surface area contributed by atoms with Gasteiger partial charge in [-0.05, 0) is 18.6 Å². The van der Waals surface area contributed by atoms with Gasteiger partial charge in [-0.2, -0.15) is 0 Å². The predicted molar refractivity (Wildman–Crippen MR) is 71.0 cm³/mol. The number of amides is 2. The van der Waals surface area contributed by atoms with Gasteiger partial charge in [-0.15, -0.1) is 0 Å². The van der Waals surface area contributed by atoms with Crippen molar-refractivity contribution in [2.75, 3.05) is 25.0 Å². The number of carbonyl (C=O) groups is 1. The fourth-order valence-corrected chi connectivity index (χ4v) is 1.58. The normalized spacial score (nSPS) is 10.2. The predicted octanol–water partition coefficient (Wildman–Crippen LogP) is 2.42. The number of nitrogens with two attached hydrogens (primary N) is 1. The molecule has 0 aliphatic rings. The van der Waals surface area contributed by atoms with Crippen LogP contribution in [0.15, 0.2) is 24.3 Å². The van der Waals surface area contributed by atoms with Crippen LogP contribution in [0.2, 0.25) is 0 Å². The third kappa shape index (κ3) is 4.33. The Morgan fingerprint density at radius 1 is 1.39 bits per heavy atom. The Hall–Kier alpha value is -1.62. The van der Waals surface area contributed by atoms with Crippen LogP contribution in [-0.2, 0) is 0 Å². The maximum atomic E-state index is 13.4. The third-order valence-electron chi connectivity index (χ3n) is 2.58. The van der Waals surface area contributed by atoms with Gasteiger partial charge in [0.25, 0.3) is 0 Å². The van der Waals surface area contributed by atoms with E-state index in [1.807, 2.05) is 0 Å². The number of nitrogens with one attached hydrogen (secondary N) is 1. The summed E-state index contributed by atoms with van der Waals surface area (Å²) >= 11 is 0. The Morgan fingerprint density at radius 2 is 2.11 bits per heavy atom. The number of urea groups is 1. The monoisotopic (exact) mass is 253 g/mol. The molecule has 1 rings (SSSR count). The zero-order chi connectivity index (χ0) is 13.4. The molecule has 3 N–H and O–H groups in total. The molecule has 0 saturated heterocycles. The van der Waals surface area contributed by atoms with Crippen LogP contribution in [0.3, 0.4) is 0 Å². The van der Waals surface area contributed by atoms with E-state index in [9.17, 15) is 9.18 Å². The molecule has 0 aliphatic heterocycles. The Balaban J connectivity index is 2.63. The van der Waals surface area contributed by atoms with Crippen LogP contribution in [0.4, 0.5) is 14.9 Å². The van der Waals surface area contributed by atoms with E-state index >= 15 is 0 Å². The molecule has 100 valence electrons. The second-order valence-electron chi connectivity index (χ2n) is 4.04. The highest BCUT2D eigenvalue weighted by Crippen LogP contribution is 2.13. The third-order valence-corrected chi connectivity index (χ3v) is 2.58. The molecule has 0 aromatic heterocycles. The van der Waals surface area contributed by atoms with Gasteiger partial charge in [0.1, 0.15) is 5.82 Å². The minimum absolute atomic E-state index is 0.195. The highest BCUT2D eigenvalue weighted by molar-refractivity contribution is 5.89. The van der Waals surface area contributed by atoms with Crippen LogP contribution in [0.25, 0.3) is 0 Å². The molecule has 2 amide bonds. The molecular formula is C13H20FN3O. The van der Waals surface area contributed by atoms with Crippen LogP contribution >= 0.6 is 0 Å². The molecule has 0 saturated carbocycles. The summed E-state index contributed by atoms with van der Waals surface area (Å²) in [6.07, 6.45) is 1.90. The number of hydrogen-bond acceptors (Lipinski definition) is 2. The summed E-state index contributed by atoms with van der Waals surface area (Å²) in [4.78, 5) is 13.6. The highest BCUT2D eigenvalue weighted by Gasteiger charge is 2.13. The molecule has 18 heavy (non-hydrogen) atoms. The van der Waals surface area contributed by atoms with Crippen molar-refractivity contribution in [2.24, 2.45) is 5.73 Å². The average molecular weight is 253 g/mol. The Morgan fingerprint density at radius 3 is 2.72 bits per heavy atom. The Bertz CT molecular complexity index is 384. The molecular weight excluding hydrogens is 233 g/mol. The van der Waals surface area contributed by atoms with Crippen molar-refractivity contribution in [1.29, 1.82) is 0 Å². The Labute approximate surface area is 107 Å².